The number of anilines is 2. The summed E-state index contributed by atoms with van der Waals surface area (Å²) < 4.78 is 0. The highest BCUT2D eigenvalue weighted by molar-refractivity contribution is 6.01. The Bertz CT molecular complexity index is 539. The van der Waals surface area contributed by atoms with Crippen LogP contribution in [0.2, 0.25) is 0 Å². The zero-order valence-corrected chi connectivity index (χ0v) is 13.2. The first-order chi connectivity index (χ1) is 10.8. The lowest BCUT2D eigenvalue weighted by molar-refractivity contribution is -0.112. The second kappa shape index (κ2) is 7.43. The maximum atomic E-state index is 12.3. The molecule has 22 heavy (non-hydrogen) atoms. The molecule has 1 aliphatic carbocycles. The second-order valence-corrected chi connectivity index (χ2v) is 6.27. The van der Waals surface area contributed by atoms with Gasteiger partial charge in [0, 0.05) is 25.4 Å². The van der Waals surface area contributed by atoms with Gasteiger partial charge in [0.05, 0.1) is 5.69 Å². The van der Waals surface area contributed by atoms with Gasteiger partial charge in [0.15, 0.2) is 5.82 Å². The largest absolute Gasteiger partial charge is 0.355 e. The molecular formula is C18H25N3O. The van der Waals surface area contributed by atoms with E-state index in [4.69, 9.17) is 0 Å². The van der Waals surface area contributed by atoms with Gasteiger partial charge < -0.3 is 10.2 Å². The fourth-order valence-corrected chi connectivity index (χ4v) is 3.36. The number of carbonyl (C=O) groups is 1. The van der Waals surface area contributed by atoms with Crippen molar-refractivity contribution in [2.24, 2.45) is 0 Å². The third-order valence-corrected chi connectivity index (χ3v) is 4.53. The van der Waals surface area contributed by atoms with E-state index in [2.05, 4.69) is 15.2 Å². The normalized spacial score (nSPS) is 18.9. The summed E-state index contributed by atoms with van der Waals surface area (Å²) in [5.74, 6) is 0.903. The Morgan fingerprint density at radius 1 is 1.09 bits per heavy atom. The van der Waals surface area contributed by atoms with Crippen molar-refractivity contribution in [2.45, 2.75) is 51.4 Å². The van der Waals surface area contributed by atoms with Gasteiger partial charge in [0.25, 0.3) is 0 Å². The lowest BCUT2D eigenvalue weighted by Crippen LogP contribution is -2.31. The van der Waals surface area contributed by atoms with Crippen molar-refractivity contribution in [3.63, 3.8) is 0 Å². The van der Waals surface area contributed by atoms with E-state index in [1.165, 1.54) is 44.1 Å². The Labute approximate surface area is 132 Å². The predicted octanol–water partition coefficient (Wildman–Crippen LogP) is 3.90. The van der Waals surface area contributed by atoms with Gasteiger partial charge in [-0.05, 0) is 57.1 Å². The van der Waals surface area contributed by atoms with Crippen molar-refractivity contribution < 1.29 is 4.79 Å². The van der Waals surface area contributed by atoms with Gasteiger partial charge in [-0.15, -0.1) is 0 Å². The van der Waals surface area contributed by atoms with Gasteiger partial charge in [0.1, 0.15) is 0 Å². The number of carbonyl (C=O) groups excluding carboxylic acids is 1. The number of hydrogen-bond acceptors (Lipinski definition) is 3. The highest BCUT2D eigenvalue weighted by Crippen LogP contribution is 2.26. The summed E-state index contributed by atoms with van der Waals surface area (Å²) in [6.07, 6.45) is 13.2. The van der Waals surface area contributed by atoms with E-state index in [1.54, 1.807) is 12.3 Å². The van der Waals surface area contributed by atoms with Gasteiger partial charge >= 0.3 is 0 Å². The third-order valence-electron chi connectivity index (χ3n) is 4.53. The Morgan fingerprint density at radius 3 is 2.59 bits per heavy atom. The summed E-state index contributed by atoms with van der Waals surface area (Å²) in [6.45, 7) is 2.06. The quantitative estimate of drug-likeness (QED) is 0.861. The molecule has 1 aromatic rings. The molecule has 1 aliphatic heterocycles. The molecule has 0 atom stereocenters. The molecule has 2 aliphatic rings. The number of aromatic nitrogens is 1. The van der Waals surface area contributed by atoms with Crippen molar-refractivity contribution >= 4 is 17.4 Å². The number of allylic oxidation sites excluding steroid dienone is 1. The van der Waals surface area contributed by atoms with Crippen LogP contribution in [0.5, 0.6) is 0 Å². The zero-order chi connectivity index (χ0) is 15.2. The van der Waals surface area contributed by atoms with E-state index in [-0.39, 0.29) is 5.91 Å². The molecule has 1 aromatic heterocycles. The summed E-state index contributed by atoms with van der Waals surface area (Å²) in [7, 11) is 0. The van der Waals surface area contributed by atoms with Gasteiger partial charge in [-0.25, -0.2) is 4.98 Å². The zero-order valence-electron chi connectivity index (χ0n) is 13.2. The van der Waals surface area contributed by atoms with E-state index in [0.717, 1.165) is 37.4 Å². The van der Waals surface area contributed by atoms with E-state index in [1.807, 2.05) is 12.1 Å². The predicted molar refractivity (Wildman–Crippen MR) is 90.1 cm³/mol. The Balaban J connectivity index is 1.70. The van der Waals surface area contributed by atoms with Crippen molar-refractivity contribution in [3.05, 3.63) is 30.0 Å². The number of pyridine rings is 1. The summed E-state index contributed by atoms with van der Waals surface area (Å²) in [6, 6.07) is 3.84. The molecule has 1 saturated heterocycles. The van der Waals surface area contributed by atoms with Gasteiger partial charge in [-0.2, -0.15) is 0 Å². The maximum absolute atomic E-state index is 12.3. The fourth-order valence-electron chi connectivity index (χ4n) is 3.36. The first kappa shape index (κ1) is 15.1. The second-order valence-electron chi connectivity index (χ2n) is 6.27. The molecule has 2 heterocycles. The molecule has 0 unspecified atom stereocenters. The summed E-state index contributed by atoms with van der Waals surface area (Å²) >= 11 is 0. The van der Waals surface area contributed by atoms with Gasteiger partial charge in [0.2, 0.25) is 5.91 Å². The van der Waals surface area contributed by atoms with Crippen molar-refractivity contribution in [3.8, 4) is 0 Å². The lowest BCUT2D eigenvalue weighted by atomic mass is 9.94. The van der Waals surface area contributed by atoms with Crippen molar-refractivity contribution in [1.82, 2.24) is 4.98 Å². The lowest BCUT2D eigenvalue weighted by Gasteiger charge is -2.29. The van der Waals surface area contributed by atoms with Crippen LogP contribution in [0.15, 0.2) is 30.0 Å². The standard InChI is InChI=1S/C18H25N3O/c22-17(14-15-8-3-1-4-9-15)20-16-10-7-11-19-18(16)21-12-5-2-6-13-21/h7,10-11,14H,1-6,8-9,12-13H2,(H,20,22). The average Bonchev–Trinajstić information content (AvgIpc) is 2.57. The average molecular weight is 299 g/mol. The van der Waals surface area contributed by atoms with Crippen LogP contribution in [0, 0.1) is 0 Å². The topological polar surface area (TPSA) is 45.2 Å². The first-order valence-electron chi connectivity index (χ1n) is 8.53. The highest BCUT2D eigenvalue weighted by atomic mass is 16.1. The van der Waals surface area contributed by atoms with Crippen LogP contribution in [-0.2, 0) is 4.79 Å². The third kappa shape index (κ3) is 3.87. The Hall–Kier alpha value is -1.84. The van der Waals surface area contributed by atoms with Crippen molar-refractivity contribution in [1.29, 1.82) is 0 Å². The number of amides is 1. The fraction of sp³-hybridized carbons (Fsp3) is 0.556. The molecular weight excluding hydrogens is 274 g/mol. The summed E-state index contributed by atoms with van der Waals surface area (Å²) in [5, 5.41) is 3.04. The smallest absolute Gasteiger partial charge is 0.248 e. The van der Waals surface area contributed by atoms with Crippen LogP contribution >= 0.6 is 0 Å². The SMILES string of the molecule is O=C(C=C1CCCCC1)Nc1cccnc1N1CCCCC1. The molecule has 4 heteroatoms. The van der Waals surface area contributed by atoms with Crippen molar-refractivity contribution in [2.75, 3.05) is 23.3 Å². The van der Waals surface area contributed by atoms with Crippen LogP contribution < -0.4 is 10.2 Å². The van der Waals surface area contributed by atoms with E-state index >= 15 is 0 Å². The minimum Gasteiger partial charge on any atom is -0.355 e. The summed E-state index contributed by atoms with van der Waals surface area (Å²) in [4.78, 5) is 19.1. The molecule has 1 amide bonds. The van der Waals surface area contributed by atoms with Crippen LogP contribution in [0.1, 0.15) is 51.4 Å². The minimum atomic E-state index is -0.0110. The van der Waals surface area contributed by atoms with Crippen LogP contribution in [0.25, 0.3) is 0 Å². The van der Waals surface area contributed by atoms with E-state index in [9.17, 15) is 4.79 Å². The maximum Gasteiger partial charge on any atom is 0.248 e. The highest BCUT2D eigenvalue weighted by Gasteiger charge is 2.16. The van der Waals surface area contributed by atoms with E-state index in [0.29, 0.717) is 0 Å². The number of piperidine rings is 1. The molecule has 0 radical (unpaired) electrons. The number of nitrogens with one attached hydrogen (secondary N) is 1. The molecule has 118 valence electrons. The molecule has 1 saturated carbocycles. The van der Waals surface area contributed by atoms with Crippen LogP contribution in [0.4, 0.5) is 11.5 Å². The number of hydrogen-bond donors (Lipinski definition) is 1. The molecule has 0 bridgehead atoms. The van der Waals surface area contributed by atoms with Crippen LogP contribution in [-0.4, -0.2) is 24.0 Å². The molecule has 3 rings (SSSR count). The van der Waals surface area contributed by atoms with Crippen LogP contribution in [0.3, 0.4) is 0 Å². The molecule has 1 N–H and O–H groups in total. The van der Waals surface area contributed by atoms with Gasteiger partial charge in [-0.1, -0.05) is 12.0 Å². The Morgan fingerprint density at radius 2 is 1.82 bits per heavy atom. The van der Waals surface area contributed by atoms with Gasteiger partial charge in [-0.3, -0.25) is 4.79 Å². The first-order valence-corrected chi connectivity index (χ1v) is 8.53. The number of nitrogens with zero attached hydrogens (tertiary/aromatic N) is 2. The molecule has 2 fully saturated rings. The summed E-state index contributed by atoms with van der Waals surface area (Å²) in [5.41, 5.74) is 2.12. The molecule has 0 aromatic carbocycles. The monoisotopic (exact) mass is 299 g/mol. The number of rotatable bonds is 3. The minimum absolute atomic E-state index is 0.0110. The van der Waals surface area contributed by atoms with E-state index < -0.39 is 0 Å². The molecule has 4 nitrogen and oxygen atoms in total. The molecule has 0 spiro atoms. The Kier molecular flexibility index (Phi) is 5.09.